The molecule has 0 atom stereocenters. The number of anilines is 2. The molecule has 0 unspecified atom stereocenters. The molecule has 1 aliphatic rings. The first-order valence-electron chi connectivity index (χ1n) is 9.62. The zero-order chi connectivity index (χ0) is 19.8. The third-order valence-corrected chi connectivity index (χ3v) is 6.06. The average Bonchev–Trinajstić information content (AvgIpc) is 3.39. The topological polar surface area (TPSA) is 74.9 Å². The summed E-state index contributed by atoms with van der Waals surface area (Å²) in [4.78, 5) is 24.7. The Bertz CT molecular complexity index is 1250. The Labute approximate surface area is 171 Å². The summed E-state index contributed by atoms with van der Waals surface area (Å²) in [5.41, 5.74) is 5.93. The van der Waals surface area contributed by atoms with Gasteiger partial charge in [0.05, 0.1) is 16.4 Å². The highest BCUT2D eigenvalue weighted by atomic mass is 32.1. The summed E-state index contributed by atoms with van der Waals surface area (Å²) in [6.07, 6.45) is 5.54. The highest BCUT2D eigenvalue weighted by molar-refractivity contribution is 7.22. The van der Waals surface area contributed by atoms with Gasteiger partial charge in [0.2, 0.25) is 5.13 Å². The molecule has 5 rings (SSSR count). The molecule has 0 radical (unpaired) electrons. The number of aromatic nitrogens is 3. The van der Waals surface area contributed by atoms with E-state index in [0.717, 1.165) is 41.7 Å². The van der Waals surface area contributed by atoms with E-state index in [-0.39, 0.29) is 5.56 Å². The van der Waals surface area contributed by atoms with Crippen LogP contribution in [0.1, 0.15) is 24.0 Å². The van der Waals surface area contributed by atoms with Gasteiger partial charge in [-0.1, -0.05) is 29.5 Å². The molecule has 1 fully saturated rings. The van der Waals surface area contributed by atoms with E-state index in [1.165, 1.54) is 11.3 Å². The van der Waals surface area contributed by atoms with Crippen molar-refractivity contribution >= 4 is 44.4 Å². The van der Waals surface area contributed by atoms with Crippen LogP contribution in [0.15, 0.2) is 52.5 Å². The lowest BCUT2D eigenvalue weighted by molar-refractivity contribution is 0.914. The molecule has 4 heterocycles. The van der Waals surface area contributed by atoms with Crippen LogP contribution in [0.5, 0.6) is 0 Å². The van der Waals surface area contributed by atoms with Gasteiger partial charge < -0.3 is 4.90 Å². The number of hydrazone groups is 1. The van der Waals surface area contributed by atoms with Crippen LogP contribution in [-0.4, -0.2) is 33.7 Å². The van der Waals surface area contributed by atoms with Crippen LogP contribution in [0.3, 0.4) is 0 Å². The van der Waals surface area contributed by atoms with E-state index in [1.54, 1.807) is 16.8 Å². The Hall–Kier alpha value is -3.26. The van der Waals surface area contributed by atoms with Crippen molar-refractivity contribution in [1.82, 2.24) is 14.4 Å². The van der Waals surface area contributed by atoms with Gasteiger partial charge in [0.25, 0.3) is 5.56 Å². The predicted molar refractivity (Wildman–Crippen MR) is 118 cm³/mol. The van der Waals surface area contributed by atoms with Gasteiger partial charge in [-0.25, -0.2) is 9.97 Å². The van der Waals surface area contributed by atoms with Crippen molar-refractivity contribution in [3.05, 3.63) is 64.1 Å². The SMILES string of the molecule is Cc1cccn2c(=O)c(/C=N\Nc3nc4ccccc4s3)c(N3CCCC3)nc12. The second-order valence-electron chi connectivity index (χ2n) is 7.09. The van der Waals surface area contributed by atoms with Gasteiger partial charge in [-0.15, -0.1) is 0 Å². The summed E-state index contributed by atoms with van der Waals surface area (Å²) in [6, 6.07) is 11.8. The number of para-hydroxylation sites is 1. The van der Waals surface area contributed by atoms with E-state index in [2.05, 4.69) is 20.4 Å². The lowest BCUT2D eigenvalue weighted by Gasteiger charge is -2.19. The number of benzene rings is 1. The number of thiazole rings is 1. The molecule has 0 saturated carbocycles. The zero-order valence-corrected chi connectivity index (χ0v) is 16.8. The number of fused-ring (bicyclic) bond motifs is 2. The van der Waals surface area contributed by atoms with Crippen molar-refractivity contribution in [3.8, 4) is 0 Å². The maximum Gasteiger partial charge on any atom is 0.268 e. The fourth-order valence-electron chi connectivity index (χ4n) is 3.66. The van der Waals surface area contributed by atoms with Crippen molar-refractivity contribution in [1.29, 1.82) is 0 Å². The first kappa shape index (κ1) is 17.8. The molecule has 146 valence electrons. The molecule has 0 aliphatic carbocycles. The minimum atomic E-state index is -0.115. The molecule has 7 nitrogen and oxygen atoms in total. The summed E-state index contributed by atoms with van der Waals surface area (Å²) >= 11 is 1.53. The third kappa shape index (κ3) is 3.25. The summed E-state index contributed by atoms with van der Waals surface area (Å²) in [6.45, 7) is 3.78. The van der Waals surface area contributed by atoms with E-state index < -0.39 is 0 Å². The highest BCUT2D eigenvalue weighted by Gasteiger charge is 2.21. The van der Waals surface area contributed by atoms with Crippen LogP contribution >= 0.6 is 11.3 Å². The number of nitrogens with one attached hydrogen (secondary N) is 1. The number of hydrogen-bond donors (Lipinski definition) is 1. The van der Waals surface area contributed by atoms with Crippen molar-refractivity contribution in [2.24, 2.45) is 5.10 Å². The molecule has 1 aromatic carbocycles. The van der Waals surface area contributed by atoms with Crippen LogP contribution in [0.25, 0.3) is 15.9 Å². The van der Waals surface area contributed by atoms with Crippen molar-refractivity contribution < 1.29 is 0 Å². The lowest BCUT2D eigenvalue weighted by atomic mass is 10.2. The smallest absolute Gasteiger partial charge is 0.268 e. The fourth-order valence-corrected chi connectivity index (χ4v) is 4.47. The molecule has 3 aromatic heterocycles. The van der Waals surface area contributed by atoms with Crippen LogP contribution in [0.2, 0.25) is 0 Å². The normalized spacial score (nSPS) is 14.4. The molecule has 4 aromatic rings. The monoisotopic (exact) mass is 404 g/mol. The maximum atomic E-state index is 13.2. The summed E-state index contributed by atoms with van der Waals surface area (Å²) in [5.74, 6) is 0.705. The molecule has 1 aliphatic heterocycles. The number of nitrogens with zero attached hydrogens (tertiary/aromatic N) is 5. The third-order valence-electron chi connectivity index (χ3n) is 5.12. The minimum absolute atomic E-state index is 0.115. The van der Waals surface area contributed by atoms with E-state index in [1.807, 2.05) is 43.3 Å². The van der Waals surface area contributed by atoms with Crippen molar-refractivity contribution in [2.45, 2.75) is 19.8 Å². The molecule has 0 spiro atoms. The van der Waals surface area contributed by atoms with Gasteiger partial charge in [0, 0.05) is 19.3 Å². The number of pyridine rings is 1. The molecule has 29 heavy (non-hydrogen) atoms. The standard InChI is InChI=1S/C21H20N6OS/c1-14-7-6-12-27-18(14)24-19(26-10-4-5-11-26)15(20(27)28)13-22-25-21-23-16-8-2-3-9-17(16)29-21/h2-3,6-9,12-13H,4-5,10-11H2,1H3,(H,23,25)/b22-13-. The van der Waals surface area contributed by atoms with Crippen LogP contribution in [0, 0.1) is 6.92 Å². The van der Waals surface area contributed by atoms with Crippen LogP contribution < -0.4 is 15.9 Å². The molecular formula is C21H20N6OS. The predicted octanol–water partition coefficient (Wildman–Crippen LogP) is 3.66. The van der Waals surface area contributed by atoms with E-state index >= 15 is 0 Å². The molecule has 0 bridgehead atoms. The molecular weight excluding hydrogens is 384 g/mol. The maximum absolute atomic E-state index is 13.2. The number of rotatable bonds is 4. The van der Waals surface area contributed by atoms with Gasteiger partial charge >= 0.3 is 0 Å². The first-order chi connectivity index (χ1) is 14.2. The van der Waals surface area contributed by atoms with Gasteiger partial charge in [-0.2, -0.15) is 5.10 Å². The Balaban J connectivity index is 1.55. The van der Waals surface area contributed by atoms with Crippen molar-refractivity contribution in [2.75, 3.05) is 23.4 Å². The van der Waals surface area contributed by atoms with Crippen LogP contribution in [-0.2, 0) is 0 Å². The quantitative estimate of drug-likeness (QED) is 0.415. The largest absolute Gasteiger partial charge is 0.356 e. The summed E-state index contributed by atoms with van der Waals surface area (Å²) < 4.78 is 2.68. The molecule has 8 heteroatoms. The van der Waals surface area contributed by atoms with Gasteiger partial charge in [-0.05, 0) is 43.5 Å². The zero-order valence-electron chi connectivity index (χ0n) is 16.0. The second-order valence-corrected chi connectivity index (χ2v) is 8.12. The van der Waals surface area contributed by atoms with E-state index in [9.17, 15) is 4.79 Å². The van der Waals surface area contributed by atoms with Gasteiger partial charge in [0.1, 0.15) is 17.0 Å². The summed E-state index contributed by atoms with van der Waals surface area (Å²) in [5, 5.41) is 5.01. The van der Waals surface area contributed by atoms with E-state index in [4.69, 9.17) is 4.98 Å². The number of aryl methyl sites for hydroxylation is 1. The lowest BCUT2D eigenvalue weighted by Crippen LogP contribution is -2.28. The molecule has 1 N–H and O–H groups in total. The molecule has 1 saturated heterocycles. The van der Waals surface area contributed by atoms with Crippen LogP contribution in [0.4, 0.5) is 10.9 Å². The highest BCUT2D eigenvalue weighted by Crippen LogP contribution is 2.25. The Morgan fingerprint density at radius 3 is 2.79 bits per heavy atom. The second kappa shape index (κ2) is 7.29. The van der Waals surface area contributed by atoms with Crippen molar-refractivity contribution in [3.63, 3.8) is 0 Å². The summed E-state index contributed by atoms with van der Waals surface area (Å²) in [7, 11) is 0. The van der Waals surface area contributed by atoms with Gasteiger partial charge in [0.15, 0.2) is 0 Å². The Kier molecular flexibility index (Phi) is 4.48. The number of hydrogen-bond acceptors (Lipinski definition) is 7. The molecule has 0 amide bonds. The fraction of sp³-hybridized carbons (Fsp3) is 0.238. The minimum Gasteiger partial charge on any atom is -0.356 e. The van der Waals surface area contributed by atoms with E-state index in [0.29, 0.717) is 22.2 Å². The first-order valence-corrected chi connectivity index (χ1v) is 10.4. The Morgan fingerprint density at radius 2 is 1.97 bits per heavy atom. The Morgan fingerprint density at radius 1 is 1.14 bits per heavy atom. The average molecular weight is 404 g/mol. The van der Waals surface area contributed by atoms with Gasteiger partial charge in [-0.3, -0.25) is 14.6 Å².